The van der Waals surface area contributed by atoms with Crippen LogP contribution in [0.5, 0.6) is 0 Å². The van der Waals surface area contributed by atoms with Crippen molar-refractivity contribution in [3.63, 3.8) is 0 Å². The van der Waals surface area contributed by atoms with Crippen molar-refractivity contribution >= 4 is 22.6 Å². The summed E-state index contributed by atoms with van der Waals surface area (Å²) in [6.07, 6.45) is 2.01. The smallest absolute Gasteiger partial charge is 0.152 e. The number of furan rings is 1. The molecule has 1 atom stereocenters. The molecule has 104 valence electrons. The lowest BCUT2D eigenvalue weighted by atomic mass is 10.1. The van der Waals surface area contributed by atoms with Crippen molar-refractivity contribution < 1.29 is 4.42 Å². The summed E-state index contributed by atoms with van der Waals surface area (Å²) >= 11 is 6.17. The molecule has 0 amide bonds. The van der Waals surface area contributed by atoms with Crippen LogP contribution in [0.4, 0.5) is 0 Å². The fourth-order valence-electron chi connectivity index (χ4n) is 2.54. The Morgan fingerprint density at radius 1 is 1.40 bits per heavy atom. The van der Waals surface area contributed by atoms with Crippen LogP contribution in [0.2, 0.25) is 5.02 Å². The lowest BCUT2D eigenvalue weighted by Crippen LogP contribution is -2.17. The summed E-state index contributed by atoms with van der Waals surface area (Å²) in [6.45, 7) is 2.00. The standard InChI is InChI=1S/C15H16ClN3O/c1-9-11(8-19(3)18-9)14(17-2)13-7-10-5-4-6-12(16)15(10)20-13/h4-8,14,17H,1-3H3. The van der Waals surface area contributed by atoms with E-state index in [0.717, 1.165) is 28.0 Å². The van der Waals surface area contributed by atoms with Crippen molar-refractivity contribution in [1.29, 1.82) is 0 Å². The molecule has 4 nitrogen and oxygen atoms in total. The minimum absolute atomic E-state index is 0.0350. The molecule has 2 aromatic heterocycles. The monoisotopic (exact) mass is 289 g/mol. The lowest BCUT2D eigenvalue weighted by molar-refractivity contribution is 0.490. The molecule has 20 heavy (non-hydrogen) atoms. The molecule has 0 aliphatic carbocycles. The minimum atomic E-state index is -0.0350. The average molecular weight is 290 g/mol. The summed E-state index contributed by atoms with van der Waals surface area (Å²) < 4.78 is 7.75. The molecule has 0 radical (unpaired) electrons. The van der Waals surface area contributed by atoms with Gasteiger partial charge in [-0.25, -0.2) is 0 Å². The third kappa shape index (κ3) is 2.11. The highest BCUT2D eigenvalue weighted by Crippen LogP contribution is 2.32. The average Bonchev–Trinajstić information content (AvgIpc) is 2.96. The maximum atomic E-state index is 6.17. The fraction of sp³-hybridized carbons (Fsp3) is 0.267. The van der Waals surface area contributed by atoms with Crippen molar-refractivity contribution in [1.82, 2.24) is 15.1 Å². The van der Waals surface area contributed by atoms with E-state index in [9.17, 15) is 0 Å². The number of para-hydroxylation sites is 1. The largest absolute Gasteiger partial charge is 0.457 e. The molecular weight excluding hydrogens is 274 g/mol. The lowest BCUT2D eigenvalue weighted by Gasteiger charge is -2.12. The maximum Gasteiger partial charge on any atom is 0.152 e. The van der Waals surface area contributed by atoms with Gasteiger partial charge in [0.05, 0.1) is 16.8 Å². The molecule has 3 rings (SSSR count). The summed E-state index contributed by atoms with van der Waals surface area (Å²) in [7, 11) is 3.82. The van der Waals surface area contributed by atoms with E-state index in [1.54, 1.807) is 0 Å². The highest BCUT2D eigenvalue weighted by atomic mass is 35.5. The Hall–Kier alpha value is -1.78. The van der Waals surface area contributed by atoms with E-state index < -0.39 is 0 Å². The topological polar surface area (TPSA) is 43.0 Å². The zero-order chi connectivity index (χ0) is 14.3. The van der Waals surface area contributed by atoms with Gasteiger partial charge in [0, 0.05) is 24.2 Å². The number of aryl methyl sites for hydroxylation is 2. The molecule has 0 spiro atoms. The third-order valence-electron chi connectivity index (χ3n) is 3.45. The summed E-state index contributed by atoms with van der Waals surface area (Å²) in [4.78, 5) is 0. The Kier molecular flexibility index (Phi) is 3.28. The molecule has 1 N–H and O–H groups in total. The van der Waals surface area contributed by atoms with E-state index >= 15 is 0 Å². The van der Waals surface area contributed by atoms with Gasteiger partial charge < -0.3 is 9.73 Å². The second-order valence-corrected chi connectivity index (χ2v) is 5.28. The molecule has 1 aromatic carbocycles. The van der Waals surface area contributed by atoms with E-state index in [4.69, 9.17) is 16.0 Å². The van der Waals surface area contributed by atoms with Gasteiger partial charge in [0.15, 0.2) is 5.58 Å². The van der Waals surface area contributed by atoms with Gasteiger partial charge in [-0.2, -0.15) is 5.10 Å². The highest BCUT2D eigenvalue weighted by molar-refractivity contribution is 6.34. The van der Waals surface area contributed by atoms with Crippen LogP contribution in [0, 0.1) is 6.92 Å². The SMILES string of the molecule is CNC(c1cc2cccc(Cl)c2o1)c1cn(C)nc1C. The van der Waals surface area contributed by atoms with Gasteiger partial charge in [0.2, 0.25) is 0 Å². The van der Waals surface area contributed by atoms with Gasteiger partial charge >= 0.3 is 0 Å². The summed E-state index contributed by atoms with van der Waals surface area (Å²) in [5.41, 5.74) is 2.81. The molecular formula is C15H16ClN3O. The third-order valence-corrected chi connectivity index (χ3v) is 3.75. The van der Waals surface area contributed by atoms with E-state index in [1.807, 2.05) is 56.2 Å². The van der Waals surface area contributed by atoms with Crippen LogP contribution in [-0.2, 0) is 7.05 Å². The van der Waals surface area contributed by atoms with Crippen molar-refractivity contribution in [3.8, 4) is 0 Å². The molecule has 0 saturated heterocycles. The van der Waals surface area contributed by atoms with E-state index in [-0.39, 0.29) is 6.04 Å². The number of rotatable bonds is 3. The fourth-order valence-corrected chi connectivity index (χ4v) is 2.76. The van der Waals surface area contributed by atoms with Crippen LogP contribution in [0.25, 0.3) is 11.0 Å². The molecule has 0 fully saturated rings. The first-order chi connectivity index (χ1) is 9.60. The van der Waals surface area contributed by atoms with Gasteiger partial charge in [0.25, 0.3) is 0 Å². The molecule has 2 heterocycles. The predicted octanol–water partition coefficient (Wildman–Crippen LogP) is 3.44. The normalized spacial score (nSPS) is 13.0. The molecule has 1 unspecified atom stereocenters. The second kappa shape index (κ2) is 4.96. The molecule has 0 aliphatic heterocycles. The molecule has 0 saturated carbocycles. The Morgan fingerprint density at radius 2 is 2.20 bits per heavy atom. The number of hydrogen-bond donors (Lipinski definition) is 1. The first kappa shape index (κ1) is 13.2. The molecule has 0 aliphatic rings. The van der Waals surface area contributed by atoms with E-state index in [1.165, 1.54) is 0 Å². The molecule has 3 aromatic rings. The van der Waals surface area contributed by atoms with E-state index in [2.05, 4.69) is 10.4 Å². The summed E-state index contributed by atoms with van der Waals surface area (Å²) in [5.74, 6) is 0.840. The van der Waals surface area contributed by atoms with Crippen molar-refractivity contribution in [2.75, 3.05) is 7.05 Å². The number of halogens is 1. The van der Waals surface area contributed by atoms with Crippen LogP contribution in [0.1, 0.15) is 23.1 Å². The van der Waals surface area contributed by atoms with Crippen molar-refractivity contribution in [3.05, 3.63) is 52.5 Å². The van der Waals surface area contributed by atoms with Gasteiger partial charge in [-0.1, -0.05) is 23.7 Å². The number of hydrogen-bond acceptors (Lipinski definition) is 3. The zero-order valence-electron chi connectivity index (χ0n) is 11.6. The Balaban J connectivity index is 2.12. The number of aromatic nitrogens is 2. The maximum absolute atomic E-state index is 6.17. The van der Waals surface area contributed by atoms with Crippen molar-refractivity contribution in [2.45, 2.75) is 13.0 Å². The van der Waals surface area contributed by atoms with Crippen LogP contribution < -0.4 is 5.32 Å². The van der Waals surface area contributed by atoms with Crippen LogP contribution in [0.15, 0.2) is 34.9 Å². The van der Waals surface area contributed by atoms with Gasteiger partial charge in [0.1, 0.15) is 5.76 Å². The number of benzene rings is 1. The number of fused-ring (bicyclic) bond motifs is 1. The quantitative estimate of drug-likeness (QED) is 0.803. The Bertz CT molecular complexity index is 760. The first-order valence-electron chi connectivity index (χ1n) is 6.45. The summed E-state index contributed by atoms with van der Waals surface area (Å²) in [5, 5.41) is 9.30. The first-order valence-corrected chi connectivity index (χ1v) is 6.83. The van der Waals surface area contributed by atoms with Gasteiger partial charge in [-0.15, -0.1) is 0 Å². The van der Waals surface area contributed by atoms with Crippen LogP contribution >= 0.6 is 11.6 Å². The minimum Gasteiger partial charge on any atom is -0.457 e. The van der Waals surface area contributed by atoms with E-state index in [0.29, 0.717) is 5.02 Å². The Morgan fingerprint density at radius 3 is 2.80 bits per heavy atom. The molecule has 0 bridgehead atoms. The summed E-state index contributed by atoms with van der Waals surface area (Å²) in [6, 6.07) is 7.74. The number of nitrogens with one attached hydrogen (secondary N) is 1. The predicted molar refractivity (Wildman–Crippen MR) is 80.1 cm³/mol. The van der Waals surface area contributed by atoms with Gasteiger partial charge in [-0.3, -0.25) is 4.68 Å². The Labute approximate surface area is 122 Å². The second-order valence-electron chi connectivity index (χ2n) is 4.87. The molecule has 5 heteroatoms. The zero-order valence-corrected chi connectivity index (χ0v) is 12.4. The van der Waals surface area contributed by atoms with Crippen LogP contribution in [0.3, 0.4) is 0 Å². The van der Waals surface area contributed by atoms with Crippen molar-refractivity contribution in [2.24, 2.45) is 7.05 Å². The highest BCUT2D eigenvalue weighted by Gasteiger charge is 2.21. The van der Waals surface area contributed by atoms with Gasteiger partial charge in [-0.05, 0) is 26.1 Å². The van der Waals surface area contributed by atoms with Crippen LogP contribution in [-0.4, -0.2) is 16.8 Å². The number of nitrogens with zero attached hydrogens (tertiary/aromatic N) is 2.